The zero-order valence-electron chi connectivity index (χ0n) is 17.2. The zero-order chi connectivity index (χ0) is 20.3. The number of nitrogens with zero attached hydrogens (tertiary/aromatic N) is 1. The van der Waals surface area contributed by atoms with Crippen LogP contribution in [0, 0.1) is 28.6 Å². The fourth-order valence-electron chi connectivity index (χ4n) is 7.31. The van der Waals surface area contributed by atoms with Crippen LogP contribution in [-0.4, -0.2) is 27.6 Å². The third-order valence-electron chi connectivity index (χ3n) is 8.85. The van der Waals surface area contributed by atoms with E-state index in [1.165, 1.54) is 11.1 Å². The Kier molecular flexibility index (Phi) is 4.53. The summed E-state index contributed by atoms with van der Waals surface area (Å²) < 4.78 is 0. The number of rotatable bonds is 3. The highest BCUT2D eigenvalue weighted by Gasteiger charge is 2.58. The van der Waals surface area contributed by atoms with Crippen LogP contribution < -0.4 is 5.11 Å². The van der Waals surface area contributed by atoms with Crippen molar-refractivity contribution >= 4 is 11.7 Å². The molecule has 0 unspecified atom stereocenters. The molecule has 154 valence electrons. The summed E-state index contributed by atoms with van der Waals surface area (Å²) in [7, 11) is 0. The van der Waals surface area contributed by atoms with Gasteiger partial charge < -0.3 is 20.2 Å². The molecule has 0 amide bonds. The van der Waals surface area contributed by atoms with Gasteiger partial charge in [0.05, 0.1) is 11.3 Å². The van der Waals surface area contributed by atoms with E-state index in [0.717, 1.165) is 37.8 Å². The highest BCUT2D eigenvalue weighted by molar-refractivity contribution is 5.99. The SMILES string of the molecule is C/C(=N\O)C1=CC[C@H]2[C@@H]3CC=C4C[C@](O)(CC(=O)[O-])CC[C@]4(C)[C@H]3CC[C@]12C. The average molecular weight is 387 g/mol. The van der Waals surface area contributed by atoms with Crippen molar-refractivity contribution in [2.45, 2.75) is 77.7 Å². The average Bonchev–Trinajstić information content (AvgIpc) is 2.98. The summed E-state index contributed by atoms with van der Waals surface area (Å²) in [6.45, 7) is 6.56. The number of carboxylic acids is 1. The number of fused-ring (bicyclic) bond motifs is 5. The monoisotopic (exact) mass is 386 g/mol. The lowest BCUT2D eigenvalue weighted by Gasteiger charge is -2.58. The van der Waals surface area contributed by atoms with Gasteiger partial charge in [0.1, 0.15) is 0 Å². The molecule has 0 aromatic carbocycles. The van der Waals surface area contributed by atoms with Crippen molar-refractivity contribution in [1.29, 1.82) is 0 Å². The lowest BCUT2D eigenvalue weighted by Crippen LogP contribution is -2.52. The Hall–Kier alpha value is -1.62. The molecule has 0 aromatic heterocycles. The number of hydrogen-bond acceptors (Lipinski definition) is 5. The minimum absolute atomic E-state index is 0.0469. The zero-order valence-corrected chi connectivity index (χ0v) is 17.2. The largest absolute Gasteiger partial charge is 0.550 e. The molecule has 0 aromatic rings. The van der Waals surface area contributed by atoms with E-state index in [1.807, 2.05) is 6.92 Å². The second-order valence-electron chi connectivity index (χ2n) is 10.2. The molecule has 6 atom stereocenters. The van der Waals surface area contributed by atoms with Gasteiger partial charge in [-0.1, -0.05) is 36.7 Å². The molecular weight excluding hydrogens is 354 g/mol. The Morgan fingerprint density at radius 2 is 1.93 bits per heavy atom. The normalized spacial score (nSPS) is 45.4. The van der Waals surface area contributed by atoms with Gasteiger partial charge >= 0.3 is 0 Å². The van der Waals surface area contributed by atoms with Crippen LogP contribution in [0.5, 0.6) is 0 Å². The van der Waals surface area contributed by atoms with Crippen LogP contribution in [0.15, 0.2) is 28.5 Å². The molecule has 2 fully saturated rings. The Balaban J connectivity index is 1.61. The van der Waals surface area contributed by atoms with Gasteiger partial charge in [0.25, 0.3) is 0 Å². The summed E-state index contributed by atoms with van der Waals surface area (Å²) in [6.07, 6.45) is 10.4. The number of carboxylic acid groups (broad SMARTS) is 1. The first kappa shape index (κ1) is 19.7. The molecule has 2 saturated carbocycles. The van der Waals surface area contributed by atoms with E-state index >= 15 is 0 Å². The third-order valence-corrected chi connectivity index (χ3v) is 8.85. The van der Waals surface area contributed by atoms with E-state index in [4.69, 9.17) is 0 Å². The van der Waals surface area contributed by atoms with E-state index in [1.54, 1.807) is 0 Å². The molecule has 0 saturated heterocycles. The first-order chi connectivity index (χ1) is 13.1. The van der Waals surface area contributed by atoms with Crippen LogP contribution in [0.3, 0.4) is 0 Å². The molecule has 0 heterocycles. The fraction of sp³-hybridized carbons (Fsp3) is 0.739. The molecule has 2 N–H and O–H groups in total. The highest BCUT2D eigenvalue weighted by atomic mass is 16.4. The first-order valence-corrected chi connectivity index (χ1v) is 10.6. The summed E-state index contributed by atoms with van der Waals surface area (Å²) in [5.74, 6) is 0.535. The Morgan fingerprint density at radius 1 is 1.18 bits per heavy atom. The molecule has 0 aliphatic heterocycles. The predicted octanol–water partition coefficient (Wildman–Crippen LogP) is 3.21. The molecule has 4 rings (SSSR count). The van der Waals surface area contributed by atoms with Crippen LogP contribution in [-0.2, 0) is 4.79 Å². The lowest BCUT2D eigenvalue weighted by atomic mass is 9.46. The van der Waals surface area contributed by atoms with Crippen molar-refractivity contribution in [2.75, 3.05) is 0 Å². The Bertz CT molecular complexity index is 783. The van der Waals surface area contributed by atoms with E-state index in [2.05, 4.69) is 31.2 Å². The van der Waals surface area contributed by atoms with Crippen molar-refractivity contribution in [3.05, 3.63) is 23.3 Å². The maximum absolute atomic E-state index is 11.1. The summed E-state index contributed by atoms with van der Waals surface area (Å²) in [5.41, 5.74) is 2.18. The van der Waals surface area contributed by atoms with Crippen LogP contribution in [0.4, 0.5) is 0 Å². The summed E-state index contributed by atoms with van der Waals surface area (Å²) in [6, 6.07) is 0. The van der Waals surface area contributed by atoms with Crippen molar-refractivity contribution < 1.29 is 20.2 Å². The lowest BCUT2D eigenvalue weighted by molar-refractivity contribution is -0.309. The molecular formula is C23H32NO4-. The number of hydrogen-bond donors (Lipinski definition) is 2. The highest BCUT2D eigenvalue weighted by Crippen LogP contribution is 2.65. The quantitative estimate of drug-likeness (QED) is 0.337. The van der Waals surface area contributed by atoms with Gasteiger partial charge in [-0.3, -0.25) is 0 Å². The maximum atomic E-state index is 11.1. The number of allylic oxidation sites excluding steroid dienone is 3. The molecule has 4 aliphatic rings. The fourth-order valence-corrected chi connectivity index (χ4v) is 7.31. The molecule has 0 radical (unpaired) electrons. The molecule has 28 heavy (non-hydrogen) atoms. The molecule has 0 spiro atoms. The number of aliphatic hydroxyl groups is 1. The summed E-state index contributed by atoms with van der Waals surface area (Å²) in [4.78, 5) is 11.1. The Labute approximate surface area is 167 Å². The van der Waals surface area contributed by atoms with Crippen LogP contribution >= 0.6 is 0 Å². The number of carbonyl (C=O) groups is 1. The molecule has 5 heteroatoms. The van der Waals surface area contributed by atoms with Crippen LogP contribution in [0.2, 0.25) is 0 Å². The Morgan fingerprint density at radius 3 is 2.61 bits per heavy atom. The maximum Gasteiger partial charge on any atom is 0.0799 e. The summed E-state index contributed by atoms with van der Waals surface area (Å²) >= 11 is 0. The molecule has 4 aliphatic carbocycles. The number of oxime groups is 1. The molecule has 5 nitrogen and oxygen atoms in total. The van der Waals surface area contributed by atoms with E-state index in [-0.39, 0.29) is 17.3 Å². The number of aliphatic carboxylic acids is 1. The second kappa shape index (κ2) is 6.45. The van der Waals surface area contributed by atoms with Gasteiger partial charge in [-0.25, -0.2) is 0 Å². The minimum Gasteiger partial charge on any atom is -0.550 e. The van der Waals surface area contributed by atoms with Crippen LogP contribution in [0.25, 0.3) is 0 Å². The van der Waals surface area contributed by atoms with E-state index in [0.29, 0.717) is 30.6 Å². The van der Waals surface area contributed by atoms with Gasteiger partial charge in [0, 0.05) is 12.4 Å². The van der Waals surface area contributed by atoms with Crippen LogP contribution in [0.1, 0.15) is 72.1 Å². The summed E-state index contributed by atoms with van der Waals surface area (Å²) in [5, 5.41) is 34.7. The van der Waals surface area contributed by atoms with Crippen molar-refractivity contribution in [3.8, 4) is 0 Å². The first-order valence-electron chi connectivity index (χ1n) is 10.6. The minimum atomic E-state index is -1.17. The van der Waals surface area contributed by atoms with Crippen molar-refractivity contribution in [2.24, 2.45) is 33.7 Å². The topological polar surface area (TPSA) is 93.0 Å². The van der Waals surface area contributed by atoms with Crippen molar-refractivity contribution in [3.63, 3.8) is 0 Å². The predicted molar refractivity (Wildman–Crippen MR) is 105 cm³/mol. The smallest absolute Gasteiger partial charge is 0.0799 e. The number of carbonyl (C=O) groups excluding carboxylic acids is 1. The van der Waals surface area contributed by atoms with Gasteiger partial charge in [-0.15, -0.1) is 0 Å². The third kappa shape index (κ3) is 2.77. The van der Waals surface area contributed by atoms with E-state index in [9.17, 15) is 20.2 Å². The van der Waals surface area contributed by atoms with Gasteiger partial charge in [-0.05, 0) is 86.0 Å². The van der Waals surface area contributed by atoms with E-state index < -0.39 is 11.6 Å². The standard InChI is InChI=1S/C23H33NO4/c1-14(24-28)17-6-7-18-16-5-4-15-12-23(27,13-20(25)26)11-10-21(15,2)19(16)8-9-22(17,18)3/h4,6,16,18-19,27-28H,5,7-13H2,1-3H3,(H,25,26)/p-1/b24-14+/t16-,18-,19-,21-,22+,23-/m0/s1. The second-order valence-corrected chi connectivity index (χ2v) is 10.2. The van der Waals surface area contributed by atoms with Crippen molar-refractivity contribution in [1.82, 2.24) is 0 Å². The van der Waals surface area contributed by atoms with Gasteiger partial charge in [0.15, 0.2) is 0 Å². The molecule has 0 bridgehead atoms. The van der Waals surface area contributed by atoms with Gasteiger partial charge in [-0.2, -0.15) is 0 Å². The van der Waals surface area contributed by atoms with Gasteiger partial charge in [0.2, 0.25) is 0 Å².